The molecule has 5 unspecified atom stereocenters. The van der Waals surface area contributed by atoms with Crippen LogP contribution >= 0.6 is 0 Å². The fourth-order valence-electron chi connectivity index (χ4n) is 4.18. The van der Waals surface area contributed by atoms with E-state index in [4.69, 9.17) is 4.74 Å². The number of fused-ring (bicyclic) bond motifs is 5. The van der Waals surface area contributed by atoms with Crippen LogP contribution in [0.3, 0.4) is 0 Å². The predicted octanol–water partition coefficient (Wildman–Crippen LogP) is 1.65. The van der Waals surface area contributed by atoms with Crippen LogP contribution in [0.5, 0.6) is 0 Å². The minimum Gasteiger partial charge on any atom is -0.462 e. The van der Waals surface area contributed by atoms with E-state index in [1.54, 1.807) is 0 Å². The minimum atomic E-state index is -0.471. The SMILES string of the molecule is CCC(C)(C)C(=O)OC1CC2CC1C1CC(=O)NC(=O)C21. The molecule has 1 heterocycles. The highest BCUT2D eigenvalue weighted by Crippen LogP contribution is 2.55. The van der Waals surface area contributed by atoms with Crippen LogP contribution in [-0.4, -0.2) is 23.9 Å². The smallest absolute Gasteiger partial charge is 0.311 e. The van der Waals surface area contributed by atoms with E-state index < -0.39 is 5.41 Å². The molecule has 1 N–H and O–H groups in total. The van der Waals surface area contributed by atoms with E-state index in [0.29, 0.717) is 6.42 Å². The molecule has 0 aromatic rings. The number of imide groups is 1. The lowest BCUT2D eigenvalue weighted by Gasteiger charge is -2.37. The maximum Gasteiger partial charge on any atom is 0.311 e. The van der Waals surface area contributed by atoms with Crippen LogP contribution in [-0.2, 0) is 19.1 Å². The van der Waals surface area contributed by atoms with Crippen molar-refractivity contribution in [1.82, 2.24) is 5.32 Å². The van der Waals surface area contributed by atoms with E-state index in [-0.39, 0.29) is 47.6 Å². The van der Waals surface area contributed by atoms with Crippen molar-refractivity contribution < 1.29 is 19.1 Å². The van der Waals surface area contributed by atoms with Gasteiger partial charge in [-0.1, -0.05) is 6.92 Å². The van der Waals surface area contributed by atoms with Crippen molar-refractivity contribution >= 4 is 17.8 Å². The standard InChI is InChI=1S/C16H23NO4/c1-4-16(2,3)15(20)21-11-6-8-5-9(11)10-7-12(18)17-14(19)13(8)10/h8-11,13H,4-7H2,1-3H3,(H,17,18,19). The number of amides is 2. The monoisotopic (exact) mass is 293 g/mol. The molecule has 21 heavy (non-hydrogen) atoms. The van der Waals surface area contributed by atoms with E-state index in [1.165, 1.54) is 0 Å². The topological polar surface area (TPSA) is 72.5 Å². The maximum atomic E-state index is 12.2. The second-order valence-electron chi connectivity index (χ2n) is 7.38. The molecule has 3 fully saturated rings. The van der Waals surface area contributed by atoms with Gasteiger partial charge in [0.05, 0.1) is 5.41 Å². The van der Waals surface area contributed by atoms with E-state index in [9.17, 15) is 14.4 Å². The number of nitrogens with one attached hydrogen (secondary N) is 1. The summed E-state index contributed by atoms with van der Waals surface area (Å²) in [7, 11) is 0. The van der Waals surface area contributed by atoms with E-state index >= 15 is 0 Å². The molecule has 0 radical (unpaired) electrons. The summed E-state index contributed by atoms with van der Waals surface area (Å²) in [4.78, 5) is 35.8. The molecule has 1 aliphatic heterocycles. The molecule has 3 aliphatic rings. The first-order chi connectivity index (χ1) is 9.83. The summed E-state index contributed by atoms with van der Waals surface area (Å²) < 4.78 is 5.74. The summed E-state index contributed by atoms with van der Waals surface area (Å²) in [5, 5.41) is 2.44. The zero-order valence-electron chi connectivity index (χ0n) is 12.8. The molecule has 3 rings (SSSR count). The Hall–Kier alpha value is -1.39. The third-order valence-corrected chi connectivity index (χ3v) is 5.79. The summed E-state index contributed by atoms with van der Waals surface area (Å²) in [5.74, 6) is -0.0301. The maximum absolute atomic E-state index is 12.2. The number of piperidine rings is 1. The molecular formula is C16H23NO4. The summed E-state index contributed by atoms with van der Waals surface area (Å²) >= 11 is 0. The number of hydrogen-bond donors (Lipinski definition) is 1. The number of esters is 1. The van der Waals surface area contributed by atoms with Gasteiger partial charge in [0.2, 0.25) is 11.8 Å². The Bertz CT molecular complexity index is 499. The van der Waals surface area contributed by atoms with Crippen LogP contribution in [0.2, 0.25) is 0 Å². The summed E-state index contributed by atoms with van der Waals surface area (Å²) in [6.45, 7) is 5.76. The van der Waals surface area contributed by atoms with Crippen molar-refractivity contribution in [2.75, 3.05) is 0 Å². The highest BCUT2D eigenvalue weighted by molar-refractivity contribution is 5.99. The number of rotatable bonds is 3. The molecule has 2 aliphatic carbocycles. The van der Waals surface area contributed by atoms with Crippen LogP contribution in [0.1, 0.15) is 46.5 Å². The summed E-state index contributed by atoms with van der Waals surface area (Å²) in [6, 6.07) is 0. The van der Waals surface area contributed by atoms with Gasteiger partial charge in [0.15, 0.2) is 0 Å². The molecule has 2 amide bonds. The molecule has 0 aromatic carbocycles. The predicted molar refractivity (Wildman–Crippen MR) is 74.9 cm³/mol. The van der Waals surface area contributed by atoms with E-state index in [2.05, 4.69) is 5.32 Å². The quantitative estimate of drug-likeness (QED) is 0.634. The number of hydrogen-bond acceptors (Lipinski definition) is 4. The summed E-state index contributed by atoms with van der Waals surface area (Å²) in [5.41, 5.74) is -0.471. The zero-order chi connectivity index (χ0) is 15.4. The average molecular weight is 293 g/mol. The van der Waals surface area contributed by atoms with Crippen molar-refractivity contribution in [3.63, 3.8) is 0 Å². The Balaban J connectivity index is 1.71. The molecule has 5 heteroatoms. The fraction of sp³-hybridized carbons (Fsp3) is 0.812. The normalized spacial score (nSPS) is 38.1. The van der Waals surface area contributed by atoms with E-state index in [1.807, 2.05) is 20.8 Å². The molecule has 1 saturated heterocycles. The van der Waals surface area contributed by atoms with Gasteiger partial charge in [0, 0.05) is 18.3 Å². The van der Waals surface area contributed by atoms with Gasteiger partial charge in [-0.25, -0.2) is 0 Å². The van der Waals surface area contributed by atoms with Gasteiger partial charge in [-0.05, 0) is 44.9 Å². The lowest BCUT2D eigenvalue weighted by atomic mass is 9.73. The van der Waals surface area contributed by atoms with Crippen LogP contribution < -0.4 is 5.32 Å². The third-order valence-electron chi connectivity index (χ3n) is 5.79. The van der Waals surface area contributed by atoms with Gasteiger partial charge < -0.3 is 4.74 Å². The van der Waals surface area contributed by atoms with Gasteiger partial charge in [-0.15, -0.1) is 0 Å². The Kier molecular flexibility index (Phi) is 3.34. The van der Waals surface area contributed by atoms with Crippen molar-refractivity contribution in [2.45, 2.75) is 52.6 Å². The molecule has 116 valence electrons. The number of ether oxygens (including phenoxy) is 1. The fourth-order valence-corrected chi connectivity index (χ4v) is 4.18. The van der Waals surface area contributed by atoms with Crippen molar-refractivity contribution in [1.29, 1.82) is 0 Å². The average Bonchev–Trinajstić information content (AvgIpc) is 2.96. The second kappa shape index (κ2) is 4.82. The first-order valence-electron chi connectivity index (χ1n) is 7.88. The van der Waals surface area contributed by atoms with Crippen molar-refractivity contribution in [2.24, 2.45) is 29.1 Å². The molecule has 2 bridgehead atoms. The van der Waals surface area contributed by atoms with Crippen LogP contribution in [0.25, 0.3) is 0 Å². The second-order valence-corrected chi connectivity index (χ2v) is 7.38. The molecule has 2 saturated carbocycles. The van der Waals surface area contributed by atoms with Gasteiger partial charge >= 0.3 is 5.97 Å². The molecular weight excluding hydrogens is 270 g/mol. The van der Waals surface area contributed by atoms with Crippen molar-refractivity contribution in [3.8, 4) is 0 Å². The third kappa shape index (κ3) is 2.27. The molecule has 0 spiro atoms. The van der Waals surface area contributed by atoms with Gasteiger partial charge in [0.25, 0.3) is 0 Å². The van der Waals surface area contributed by atoms with E-state index in [0.717, 1.165) is 19.3 Å². The Morgan fingerprint density at radius 1 is 1.29 bits per heavy atom. The zero-order valence-corrected chi connectivity index (χ0v) is 12.8. The first-order valence-corrected chi connectivity index (χ1v) is 7.88. The summed E-state index contributed by atoms with van der Waals surface area (Å²) in [6.07, 6.45) is 2.68. The van der Waals surface area contributed by atoms with Gasteiger partial charge in [0.1, 0.15) is 6.10 Å². The highest BCUT2D eigenvalue weighted by atomic mass is 16.5. The van der Waals surface area contributed by atoms with Crippen LogP contribution in [0, 0.1) is 29.1 Å². The van der Waals surface area contributed by atoms with Gasteiger partial charge in [-0.2, -0.15) is 0 Å². The molecule has 5 atom stereocenters. The van der Waals surface area contributed by atoms with Gasteiger partial charge in [-0.3, -0.25) is 19.7 Å². The molecule has 0 aromatic heterocycles. The molecule has 5 nitrogen and oxygen atoms in total. The van der Waals surface area contributed by atoms with Crippen LogP contribution in [0.15, 0.2) is 0 Å². The lowest BCUT2D eigenvalue weighted by molar-refractivity contribution is -0.165. The Morgan fingerprint density at radius 2 is 2.00 bits per heavy atom. The Morgan fingerprint density at radius 3 is 2.67 bits per heavy atom. The highest BCUT2D eigenvalue weighted by Gasteiger charge is 2.58. The van der Waals surface area contributed by atoms with Crippen molar-refractivity contribution in [3.05, 3.63) is 0 Å². The first kappa shape index (κ1) is 14.5. The number of carbonyl (C=O) groups excluding carboxylic acids is 3. The minimum absolute atomic E-state index is 0.0539. The lowest BCUT2D eigenvalue weighted by Crippen LogP contribution is -2.50. The van der Waals surface area contributed by atoms with Crippen LogP contribution in [0.4, 0.5) is 0 Å². The number of carbonyl (C=O) groups is 3. The largest absolute Gasteiger partial charge is 0.462 e. The Labute approximate surface area is 124 Å².